The van der Waals surface area contributed by atoms with Gasteiger partial charge in [0.2, 0.25) is 0 Å². The zero-order valence-electron chi connectivity index (χ0n) is 67.8. The number of carbonyl (C=O) groups is 3. The van der Waals surface area contributed by atoms with Crippen molar-refractivity contribution in [2.45, 2.75) is 386 Å². The van der Waals surface area contributed by atoms with Crippen LogP contribution in [0.4, 0.5) is 0 Å². The SMILES string of the molecule is CC/C=C\C/C=C\C/C=C\C/C=C\C/C=C\C/C=C\CCCCCCCCCCCCCCCCCCC(=O)OCC(O)COP(=O)(O)OCC(O)COP(=O)(O)OCC(COC(=O)CCCCCCCCCCC/C=C\C/C=C\C/C=C\C/C=C\CCCCC)OC(=O)CCCCCCCCCCCCC. The summed E-state index contributed by atoms with van der Waals surface area (Å²) < 4.78 is 61.2. The molecule has 107 heavy (non-hydrogen) atoms. The Bertz CT molecular complexity index is 2430. The van der Waals surface area contributed by atoms with Crippen molar-refractivity contribution in [1.82, 2.24) is 0 Å². The first-order chi connectivity index (χ1) is 52.2. The van der Waals surface area contributed by atoms with Crippen LogP contribution >= 0.6 is 15.6 Å². The van der Waals surface area contributed by atoms with Gasteiger partial charge in [-0.1, -0.05) is 354 Å². The lowest BCUT2D eigenvalue weighted by Crippen LogP contribution is -2.30. The standard InChI is InChI=1S/C89H156O16P2/c1-4-7-10-13-16-19-22-24-26-28-30-32-34-36-37-38-39-40-41-42-43-44-45-47-49-50-52-54-56-58-61-63-66-69-72-75-87(92)99-78-84(90)79-101-106(95,96)102-80-85(91)81-103-107(97,98)104-83-86(105-89(94)77-74-71-68-65-60-21-18-15-12-9-6-3)82-100-88(93)76-73-70-67-64-62-59-57-55-53-51-48-46-35-33-31-29-27-25-23-20-17-14-11-8-5-2/h7,10,16-17,19-20,24-27,30-33,36-37,39-40,46,48,84-86,90-91H,4-6,8-9,11-15,18,21-23,28-29,34-35,38,41-45,47,49-83H2,1-3H3,(H,95,96)(H,97,98)/b10-7-,19-16-,20-17-,26-24-,27-25-,32-30-,33-31-,37-36-,40-39-,48-46-. The molecule has 0 aromatic heterocycles. The highest BCUT2D eigenvalue weighted by Crippen LogP contribution is 2.45. The highest BCUT2D eigenvalue weighted by atomic mass is 31.2. The topological polar surface area (TPSA) is 231 Å². The Hall–Kier alpha value is -4.05. The highest BCUT2D eigenvalue weighted by Gasteiger charge is 2.29. The summed E-state index contributed by atoms with van der Waals surface area (Å²) in [6, 6.07) is 0. The van der Waals surface area contributed by atoms with E-state index in [2.05, 4.69) is 142 Å². The van der Waals surface area contributed by atoms with Crippen molar-refractivity contribution in [2.75, 3.05) is 39.6 Å². The number of aliphatic hydroxyl groups excluding tert-OH is 2. The zero-order valence-corrected chi connectivity index (χ0v) is 69.6. The summed E-state index contributed by atoms with van der Waals surface area (Å²) in [4.78, 5) is 58.7. The summed E-state index contributed by atoms with van der Waals surface area (Å²) >= 11 is 0. The Kier molecular flexibility index (Phi) is 78.4. The summed E-state index contributed by atoms with van der Waals surface area (Å²) in [6.45, 7) is 2.56. The van der Waals surface area contributed by atoms with Crippen LogP contribution in [0.25, 0.3) is 0 Å². The number of allylic oxidation sites excluding steroid dienone is 20. The van der Waals surface area contributed by atoms with E-state index in [1.165, 1.54) is 173 Å². The first-order valence-corrected chi connectivity index (χ1v) is 45.8. The number of aliphatic hydroxyl groups is 2. The summed E-state index contributed by atoms with van der Waals surface area (Å²) in [5.41, 5.74) is 0. The third-order valence-corrected chi connectivity index (χ3v) is 20.1. The van der Waals surface area contributed by atoms with E-state index in [0.717, 1.165) is 135 Å². The van der Waals surface area contributed by atoms with Crippen LogP contribution < -0.4 is 0 Å². The minimum absolute atomic E-state index is 0.106. The maximum absolute atomic E-state index is 12.9. The molecule has 4 N–H and O–H groups in total. The van der Waals surface area contributed by atoms with Crippen molar-refractivity contribution in [3.8, 4) is 0 Å². The van der Waals surface area contributed by atoms with Gasteiger partial charge >= 0.3 is 33.6 Å². The van der Waals surface area contributed by atoms with E-state index in [1.807, 2.05) is 0 Å². The molecule has 0 rings (SSSR count). The van der Waals surface area contributed by atoms with E-state index in [-0.39, 0.29) is 19.3 Å². The lowest BCUT2D eigenvalue weighted by Gasteiger charge is -2.21. The lowest BCUT2D eigenvalue weighted by atomic mass is 10.0. The third kappa shape index (κ3) is 82.7. The second-order valence-corrected chi connectivity index (χ2v) is 31.5. The molecular weight excluding hydrogens is 1390 g/mol. The number of hydrogen-bond acceptors (Lipinski definition) is 14. The van der Waals surface area contributed by atoms with Gasteiger partial charge in [-0.15, -0.1) is 0 Å². The summed E-state index contributed by atoms with van der Waals surface area (Å²) in [6.07, 6.45) is 98.4. The minimum atomic E-state index is -4.93. The van der Waals surface area contributed by atoms with Crippen LogP contribution in [0.5, 0.6) is 0 Å². The Balaban J connectivity index is 4.35. The fourth-order valence-electron chi connectivity index (χ4n) is 11.7. The van der Waals surface area contributed by atoms with E-state index in [1.54, 1.807) is 0 Å². The van der Waals surface area contributed by atoms with E-state index in [0.29, 0.717) is 19.3 Å². The smallest absolute Gasteiger partial charge is 0.463 e. The van der Waals surface area contributed by atoms with Gasteiger partial charge in [0.15, 0.2) is 6.10 Å². The van der Waals surface area contributed by atoms with Crippen LogP contribution in [0.1, 0.15) is 367 Å². The molecule has 0 aromatic carbocycles. The van der Waals surface area contributed by atoms with Gasteiger partial charge in [0.1, 0.15) is 25.4 Å². The van der Waals surface area contributed by atoms with Crippen LogP contribution in [0.2, 0.25) is 0 Å². The molecule has 618 valence electrons. The Morgan fingerprint density at radius 2 is 0.495 bits per heavy atom. The average Bonchev–Trinajstić information content (AvgIpc) is 0.903. The highest BCUT2D eigenvalue weighted by molar-refractivity contribution is 7.47. The zero-order chi connectivity index (χ0) is 78.0. The molecule has 0 bridgehead atoms. The molecule has 0 aromatic rings. The Morgan fingerprint density at radius 3 is 0.804 bits per heavy atom. The number of ether oxygens (including phenoxy) is 3. The second kappa shape index (κ2) is 81.4. The molecule has 0 saturated carbocycles. The second-order valence-electron chi connectivity index (χ2n) is 28.6. The quantitative estimate of drug-likeness (QED) is 0.0146. The molecule has 5 atom stereocenters. The van der Waals surface area contributed by atoms with Gasteiger partial charge in [0.25, 0.3) is 0 Å². The molecule has 5 unspecified atom stereocenters. The Morgan fingerprint density at radius 1 is 0.271 bits per heavy atom. The monoisotopic (exact) mass is 1540 g/mol. The number of phosphoric acid groups is 2. The summed E-state index contributed by atoms with van der Waals surface area (Å²) in [7, 11) is -9.78. The van der Waals surface area contributed by atoms with Crippen molar-refractivity contribution in [3.63, 3.8) is 0 Å². The predicted molar refractivity (Wildman–Crippen MR) is 445 cm³/mol. The fraction of sp³-hybridized carbons (Fsp3) is 0.742. The molecule has 0 aliphatic heterocycles. The molecule has 0 radical (unpaired) electrons. The molecule has 0 aliphatic rings. The molecule has 0 amide bonds. The Labute approximate surface area is 653 Å². The van der Waals surface area contributed by atoms with E-state index < -0.39 is 91.5 Å². The van der Waals surface area contributed by atoms with E-state index >= 15 is 0 Å². The number of hydrogen-bond donors (Lipinski definition) is 4. The first kappa shape index (κ1) is 103. The van der Waals surface area contributed by atoms with Crippen LogP contribution in [0.3, 0.4) is 0 Å². The van der Waals surface area contributed by atoms with Crippen molar-refractivity contribution in [1.29, 1.82) is 0 Å². The molecule has 16 nitrogen and oxygen atoms in total. The van der Waals surface area contributed by atoms with Crippen LogP contribution in [-0.4, -0.2) is 95.9 Å². The van der Waals surface area contributed by atoms with E-state index in [4.69, 9.17) is 32.3 Å². The number of esters is 3. The first-order valence-electron chi connectivity index (χ1n) is 42.8. The molecule has 0 fully saturated rings. The largest absolute Gasteiger partial charge is 0.472 e. The predicted octanol–water partition coefficient (Wildman–Crippen LogP) is 25.7. The molecular formula is C89H156O16P2. The number of carbonyl (C=O) groups excluding carboxylic acids is 3. The molecule has 0 saturated heterocycles. The van der Waals surface area contributed by atoms with Gasteiger partial charge in [-0.05, 0) is 116 Å². The average molecular weight is 1540 g/mol. The van der Waals surface area contributed by atoms with Gasteiger partial charge < -0.3 is 34.2 Å². The van der Waals surface area contributed by atoms with Gasteiger partial charge in [0.05, 0.1) is 26.4 Å². The summed E-state index contributed by atoms with van der Waals surface area (Å²) in [5.74, 6) is -1.57. The molecule has 0 heterocycles. The van der Waals surface area contributed by atoms with Crippen LogP contribution in [-0.2, 0) is 55.8 Å². The van der Waals surface area contributed by atoms with Crippen molar-refractivity contribution in [2.24, 2.45) is 0 Å². The van der Waals surface area contributed by atoms with Gasteiger partial charge in [-0.3, -0.25) is 32.5 Å². The van der Waals surface area contributed by atoms with Crippen molar-refractivity contribution >= 4 is 33.6 Å². The number of unbranched alkanes of at least 4 members (excludes halogenated alkanes) is 38. The van der Waals surface area contributed by atoms with Gasteiger partial charge in [-0.25, -0.2) is 9.13 Å². The number of rotatable bonds is 81. The normalized spacial score (nSPS) is 14.5. The minimum Gasteiger partial charge on any atom is -0.463 e. The molecule has 18 heteroatoms. The fourth-order valence-corrected chi connectivity index (χ4v) is 13.3. The number of phosphoric ester groups is 2. The van der Waals surface area contributed by atoms with Crippen LogP contribution in [0.15, 0.2) is 122 Å². The maximum atomic E-state index is 12.9. The maximum Gasteiger partial charge on any atom is 0.472 e. The van der Waals surface area contributed by atoms with E-state index in [9.17, 15) is 43.5 Å². The molecule has 0 spiro atoms. The van der Waals surface area contributed by atoms with Crippen molar-refractivity contribution in [3.05, 3.63) is 122 Å². The van der Waals surface area contributed by atoms with Crippen LogP contribution in [0, 0.1) is 0 Å². The van der Waals surface area contributed by atoms with Gasteiger partial charge in [0, 0.05) is 19.3 Å². The summed E-state index contributed by atoms with van der Waals surface area (Å²) in [5, 5.41) is 20.7. The lowest BCUT2D eigenvalue weighted by molar-refractivity contribution is -0.161. The van der Waals surface area contributed by atoms with Crippen molar-refractivity contribution < 1.29 is 75.8 Å². The molecule has 0 aliphatic carbocycles. The third-order valence-electron chi connectivity index (χ3n) is 18.2. The van der Waals surface area contributed by atoms with Gasteiger partial charge in [-0.2, -0.15) is 0 Å².